The van der Waals surface area contributed by atoms with Crippen molar-refractivity contribution in [1.29, 1.82) is 0 Å². The van der Waals surface area contributed by atoms with Gasteiger partial charge in [0, 0.05) is 17.1 Å². The second-order valence-electron chi connectivity index (χ2n) is 4.95. The first kappa shape index (κ1) is 14.1. The zero-order chi connectivity index (χ0) is 14.8. The van der Waals surface area contributed by atoms with Gasteiger partial charge in [0.15, 0.2) is 0 Å². The number of hydrogen-bond acceptors (Lipinski definition) is 3. The number of nitrogens with one attached hydrogen (secondary N) is 1. The van der Waals surface area contributed by atoms with Crippen LogP contribution in [0, 0.1) is 0 Å². The average Bonchev–Trinajstić information content (AvgIpc) is 2.99. The van der Waals surface area contributed by atoms with E-state index in [-0.39, 0.29) is 6.04 Å². The van der Waals surface area contributed by atoms with E-state index in [2.05, 4.69) is 17.2 Å². The predicted molar refractivity (Wildman–Crippen MR) is 86.5 cm³/mol. The summed E-state index contributed by atoms with van der Waals surface area (Å²) < 4.78 is 6.02. The summed E-state index contributed by atoms with van der Waals surface area (Å²) in [5.41, 5.74) is 1.83. The van der Waals surface area contributed by atoms with Gasteiger partial charge in [-0.2, -0.15) is 0 Å². The number of benzene rings is 1. The third-order valence-electron chi connectivity index (χ3n) is 3.71. The van der Waals surface area contributed by atoms with E-state index in [1.54, 1.807) is 6.20 Å². The van der Waals surface area contributed by atoms with E-state index in [1.165, 1.54) is 0 Å². The van der Waals surface area contributed by atoms with Gasteiger partial charge in [-0.1, -0.05) is 18.5 Å². The van der Waals surface area contributed by atoms with E-state index in [4.69, 9.17) is 16.0 Å². The fourth-order valence-corrected chi connectivity index (χ4v) is 2.78. The molecule has 3 rings (SSSR count). The second kappa shape index (κ2) is 5.88. The number of fused-ring (bicyclic) bond motifs is 1. The lowest BCUT2D eigenvalue weighted by molar-refractivity contribution is 0.431. The topological polar surface area (TPSA) is 38.1 Å². The van der Waals surface area contributed by atoms with Crippen molar-refractivity contribution in [2.45, 2.75) is 19.4 Å². The molecule has 0 aliphatic heterocycles. The van der Waals surface area contributed by atoms with Gasteiger partial charge in [-0.15, -0.1) is 0 Å². The summed E-state index contributed by atoms with van der Waals surface area (Å²) in [7, 11) is 1.94. The summed E-state index contributed by atoms with van der Waals surface area (Å²) in [6.07, 6.45) is 2.75. The average molecular weight is 301 g/mol. The third kappa shape index (κ3) is 2.55. The van der Waals surface area contributed by atoms with Gasteiger partial charge in [0.25, 0.3) is 0 Å². The Morgan fingerprint density at radius 3 is 2.86 bits per heavy atom. The molecule has 2 heterocycles. The highest BCUT2D eigenvalue weighted by Gasteiger charge is 2.15. The first-order chi connectivity index (χ1) is 10.2. The lowest BCUT2D eigenvalue weighted by Gasteiger charge is -2.10. The molecule has 0 aliphatic carbocycles. The molecule has 0 radical (unpaired) electrons. The molecule has 1 unspecified atom stereocenters. The molecule has 1 N–H and O–H groups in total. The Morgan fingerprint density at radius 2 is 2.10 bits per heavy atom. The largest absolute Gasteiger partial charge is 0.459 e. The summed E-state index contributed by atoms with van der Waals surface area (Å²) in [6, 6.07) is 11.9. The van der Waals surface area contributed by atoms with Crippen molar-refractivity contribution in [2.24, 2.45) is 0 Å². The van der Waals surface area contributed by atoms with Crippen LogP contribution in [0.5, 0.6) is 0 Å². The minimum atomic E-state index is 0.227. The zero-order valence-electron chi connectivity index (χ0n) is 12.1. The molecular formula is C17H17ClN2O. The highest BCUT2D eigenvalue weighted by atomic mass is 35.5. The highest BCUT2D eigenvalue weighted by molar-refractivity contribution is 6.35. The number of pyridine rings is 1. The molecule has 0 aliphatic rings. The normalized spacial score (nSPS) is 12.7. The third-order valence-corrected chi connectivity index (χ3v) is 4.04. The van der Waals surface area contributed by atoms with Crippen LogP contribution in [0.3, 0.4) is 0 Å². The number of rotatable bonds is 4. The van der Waals surface area contributed by atoms with Gasteiger partial charge in [0.2, 0.25) is 0 Å². The molecule has 0 amide bonds. The van der Waals surface area contributed by atoms with Crippen LogP contribution in [-0.2, 0) is 0 Å². The minimum absolute atomic E-state index is 0.227. The Balaban J connectivity index is 2.11. The Hall–Kier alpha value is -1.84. The summed E-state index contributed by atoms with van der Waals surface area (Å²) in [6.45, 7) is 2.13. The van der Waals surface area contributed by atoms with E-state index in [0.29, 0.717) is 5.02 Å². The molecule has 0 spiro atoms. The molecule has 4 heteroatoms. The van der Waals surface area contributed by atoms with Crippen LogP contribution in [0.25, 0.3) is 22.2 Å². The molecule has 1 atom stereocenters. The van der Waals surface area contributed by atoms with Crippen molar-refractivity contribution in [3.8, 4) is 11.3 Å². The van der Waals surface area contributed by atoms with Gasteiger partial charge in [-0.3, -0.25) is 4.98 Å². The van der Waals surface area contributed by atoms with Gasteiger partial charge in [-0.25, -0.2) is 0 Å². The summed E-state index contributed by atoms with van der Waals surface area (Å²) in [5.74, 6) is 1.76. The van der Waals surface area contributed by atoms with Crippen LogP contribution in [0.2, 0.25) is 5.02 Å². The van der Waals surface area contributed by atoms with E-state index < -0.39 is 0 Å². The van der Waals surface area contributed by atoms with Crippen molar-refractivity contribution in [3.63, 3.8) is 0 Å². The molecule has 0 saturated heterocycles. The molecule has 1 aromatic carbocycles. The molecule has 3 aromatic rings. The van der Waals surface area contributed by atoms with Crippen molar-refractivity contribution in [1.82, 2.24) is 10.3 Å². The summed E-state index contributed by atoms with van der Waals surface area (Å²) in [4.78, 5) is 4.45. The summed E-state index contributed by atoms with van der Waals surface area (Å²) >= 11 is 6.24. The Labute approximate surface area is 128 Å². The van der Waals surface area contributed by atoms with Crippen molar-refractivity contribution >= 4 is 22.5 Å². The quantitative estimate of drug-likeness (QED) is 0.751. The minimum Gasteiger partial charge on any atom is -0.459 e. The highest BCUT2D eigenvalue weighted by Crippen LogP contribution is 2.33. The Kier molecular flexibility index (Phi) is 3.95. The number of furan rings is 1. The van der Waals surface area contributed by atoms with E-state index in [1.807, 2.05) is 43.4 Å². The fourth-order valence-electron chi connectivity index (χ4n) is 2.57. The maximum absolute atomic E-state index is 6.24. The van der Waals surface area contributed by atoms with E-state index >= 15 is 0 Å². The number of hydrogen-bond donors (Lipinski definition) is 1. The van der Waals surface area contributed by atoms with Crippen LogP contribution < -0.4 is 5.32 Å². The van der Waals surface area contributed by atoms with Crippen LogP contribution in [-0.4, -0.2) is 12.0 Å². The second-order valence-corrected chi connectivity index (χ2v) is 5.35. The van der Waals surface area contributed by atoms with Gasteiger partial charge in [0.1, 0.15) is 11.5 Å². The van der Waals surface area contributed by atoms with Gasteiger partial charge >= 0.3 is 0 Å². The molecular weight excluding hydrogens is 284 g/mol. The Bertz CT molecular complexity index is 762. The van der Waals surface area contributed by atoms with Crippen LogP contribution >= 0.6 is 11.6 Å². The maximum Gasteiger partial charge on any atom is 0.136 e. The first-order valence-corrected chi connectivity index (χ1v) is 7.43. The maximum atomic E-state index is 6.24. The molecule has 0 fully saturated rings. The first-order valence-electron chi connectivity index (χ1n) is 7.05. The smallest absolute Gasteiger partial charge is 0.136 e. The lowest BCUT2D eigenvalue weighted by Crippen LogP contribution is -2.14. The van der Waals surface area contributed by atoms with Gasteiger partial charge in [0.05, 0.1) is 16.6 Å². The standard InChI is InChI=1S/C17H17ClN2O/c1-3-14(19-2)16-9-8-15(21-16)12-6-7-13(18)11-5-4-10-20-17(11)12/h4-10,14,19H,3H2,1-2H3. The monoisotopic (exact) mass is 300 g/mol. The van der Waals surface area contributed by atoms with Gasteiger partial charge < -0.3 is 9.73 Å². The van der Waals surface area contributed by atoms with Crippen LogP contribution in [0.1, 0.15) is 25.1 Å². The number of nitrogens with zero attached hydrogens (tertiary/aromatic N) is 1. The van der Waals surface area contributed by atoms with E-state index in [9.17, 15) is 0 Å². The molecule has 3 nitrogen and oxygen atoms in total. The molecule has 108 valence electrons. The fraction of sp³-hybridized carbons (Fsp3) is 0.235. The van der Waals surface area contributed by atoms with E-state index in [0.717, 1.165) is 34.4 Å². The van der Waals surface area contributed by atoms with Crippen LogP contribution in [0.15, 0.2) is 47.0 Å². The van der Waals surface area contributed by atoms with Crippen molar-refractivity contribution in [2.75, 3.05) is 7.05 Å². The molecule has 21 heavy (non-hydrogen) atoms. The number of aromatic nitrogens is 1. The predicted octanol–water partition coefficient (Wildman–Crippen LogP) is 4.82. The van der Waals surface area contributed by atoms with Gasteiger partial charge in [-0.05, 0) is 49.9 Å². The van der Waals surface area contributed by atoms with Crippen molar-refractivity contribution < 1.29 is 4.42 Å². The molecule has 0 saturated carbocycles. The SMILES string of the molecule is CCC(NC)c1ccc(-c2ccc(Cl)c3cccnc23)o1. The Morgan fingerprint density at radius 1 is 1.24 bits per heavy atom. The van der Waals surface area contributed by atoms with Crippen LogP contribution in [0.4, 0.5) is 0 Å². The van der Waals surface area contributed by atoms with Crippen molar-refractivity contribution in [3.05, 3.63) is 53.4 Å². The summed E-state index contributed by atoms with van der Waals surface area (Å²) in [5, 5.41) is 4.89. The number of halogens is 1. The lowest BCUT2D eigenvalue weighted by atomic mass is 10.1. The zero-order valence-corrected chi connectivity index (χ0v) is 12.8. The molecule has 2 aromatic heterocycles. The molecule has 0 bridgehead atoms.